The van der Waals surface area contributed by atoms with Crippen LogP contribution in [0.1, 0.15) is 56.0 Å². The lowest BCUT2D eigenvalue weighted by atomic mass is 10.1. The first kappa shape index (κ1) is 16.2. The number of nitrogens with zero attached hydrogens (tertiary/aromatic N) is 1. The number of hydrogen-bond donors (Lipinski definition) is 0. The van der Waals surface area contributed by atoms with Gasteiger partial charge < -0.3 is 4.90 Å². The molecule has 0 aromatic heterocycles. The maximum absolute atomic E-state index is 12.7. The number of amides is 1. The van der Waals surface area contributed by atoms with Gasteiger partial charge in [0.2, 0.25) is 0 Å². The second-order valence-corrected chi connectivity index (χ2v) is 5.98. The van der Waals surface area contributed by atoms with E-state index in [1.54, 1.807) is 0 Å². The van der Waals surface area contributed by atoms with Crippen molar-refractivity contribution in [3.8, 4) is 0 Å². The van der Waals surface area contributed by atoms with Crippen LogP contribution in [-0.2, 0) is 0 Å². The SMILES string of the molecule is CCCCN(C(=O)c1cc(Br)ccc1C)C(C)CC. The van der Waals surface area contributed by atoms with Crippen molar-refractivity contribution < 1.29 is 4.79 Å². The maximum Gasteiger partial charge on any atom is 0.254 e. The molecule has 0 radical (unpaired) electrons. The third-order valence-electron chi connectivity index (χ3n) is 3.57. The van der Waals surface area contributed by atoms with Gasteiger partial charge in [0.1, 0.15) is 0 Å². The number of benzene rings is 1. The lowest BCUT2D eigenvalue weighted by Gasteiger charge is -2.29. The van der Waals surface area contributed by atoms with Crippen LogP contribution in [0.25, 0.3) is 0 Å². The quantitative estimate of drug-likeness (QED) is 0.735. The van der Waals surface area contributed by atoms with Crippen molar-refractivity contribution in [1.29, 1.82) is 0 Å². The molecule has 1 atom stereocenters. The van der Waals surface area contributed by atoms with Crippen molar-refractivity contribution in [2.45, 2.75) is 53.0 Å². The van der Waals surface area contributed by atoms with E-state index in [0.29, 0.717) is 0 Å². The zero-order valence-electron chi connectivity index (χ0n) is 12.4. The zero-order chi connectivity index (χ0) is 14.4. The summed E-state index contributed by atoms with van der Waals surface area (Å²) < 4.78 is 0.959. The topological polar surface area (TPSA) is 20.3 Å². The highest BCUT2D eigenvalue weighted by molar-refractivity contribution is 9.10. The van der Waals surface area contributed by atoms with Gasteiger partial charge in [-0.05, 0) is 44.4 Å². The summed E-state index contributed by atoms with van der Waals surface area (Å²) in [5.41, 5.74) is 1.85. The summed E-state index contributed by atoms with van der Waals surface area (Å²) in [6.45, 7) is 9.25. The van der Waals surface area contributed by atoms with Crippen molar-refractivity contribution in [2.24, 2.45) is 0 Å². The van der Waals surface area contributed by atoms with E-state index in [-0.39, 0.29) is 11.9 Å². The van der Waals surface area contributed by atoms with E-state index in [1.807, 2.05) is 30.0 Å². The monoisotopic (exact) mass is 325 g/mol. The van der Waals surface area contributed by atoms with Crippen LogP contribution in [0.4, 0.5) is 0 Å². The summed E-state index contributed by atoms with van der Waals surface area (Å²) in [5, 5.41) is 0. The molecule has 0 heterocycles. The van der Waals surface area contributed by atoms with E-state index in [2.05, 4.69) is 36.7 Å². The Bertz CT molecular complexity index is 431. The van der Waals surface area contributed by atoms with Gasteiger partial charge >= 0.3 is 0 Å². The van der Waals surface area contributed by atoms with Gasteiger partial charge in [-0.15, -0.1) is 0 Å². The fourth-order valence-corrected chi connectivity index (χ4v) is 2.41. The summed E-state index contributed by atoms with van der Waals surface area (Å²) in [5.74, 6) is 0.154. The number of carbonyl (C=O) groups is 1. The Morgan fingerprint density at radius 2 is 2.05 bits per heavy atom. The van der Waals surface area contributed by atoms with Crippen LogP contribution in [0.3, 0.4) is 0 Å². The van der Waals surface area contributed by atoms with Crippen molar-refractivity contribution in [1.82, 2.24) is 4.90 Å². The Morgan fingerprint density at radius 1 is 1.37 bits per heavy atom. The fraction of sp³-hybridized carbons (Fsp3) is 0.562. The number of halogens is 1. The minimum Gasteiger partial charge on any atom is -0.336 e. The van der Waals surface area contributed by atoms with Crippen LogP contribution < -0.4 is 0 Å². The van der Waals surface area contributed by atoms with Gasteiger partial charge in [0, 0.05) is 22.6 Å². The molecule has 106 valence electrons. The molecular formula is C16H24BrNO. The molecule has 0 spiro atoms. The molecule has 0 aliphatic carbocycles. The third kappa shape index (κ3) is 4.34. The largest absolute Gasteiger partial charge is 0.336 e. The molecule has 2 nitrogen and oxygen atoms in total. The Kier molecular flexibility index (Phi) is 6.56. The number of hydrogen-bond acceptors (Lipinski definition) is 1. The molecule has 0 fully saturated rings. The van der Waals surface area contributed by atoms with Crippen molar-refractivity contribution in [2.75, 3.05) is 6.54 Å². The molecule has 3 heteroatoms. The average Bonchev–Trinajstić information content (AvgIpc) is 2.41. The Labute approximate surface area is 125 Å². The predicted molar refractivity (Wildman–Crippen MR) is 84.6 cm³/mol. The van der Waals surface area contributed by atoms with Gasteiger partial charge in [-0.3, -0.25) is 4.79 Å². The molecule has 1 amide bonds. The lowest BCUT2D eigenvalue weighted by Crippen LogP contribution is -2.39. The highest BCUT2D eigenvalue weighted by atomic mass is 79.9. The Morgan fingerprint density at radius 3 is 2.63 bits per heavy atom. The fourth-order valence-electron chi connectivity index (χ4n) is 2.05. The lowest BCUT2D eigenvalue weighted by molar-refractivity contribution is 0.0684. The van der Waals surface area contributed by atoms with Crippen molar-refractivity contribution in [3.05, 3.63) is 33.8 Å². The van der Waals surface area contributed by atoms with Crippen LogP contribution in [0.5, 0.6) is 0 Å². The number of carbonyl (C=O) groups excluding carboxylic acids is 1. The smallest absolute Gasteiger partial charge is 0.254 e. The van der Waals surface area contributed by atoms with Gasteiger partial charge in [0.05, 0.1) is 0 Å². The van der Waals surface area contributed by atoms with Gasteiger partial charge in [-0.1, -0.05) is 42.3 Å². The molecule has 0 aliphatic heterocycles. The molecule has 0 bridgehead atoms. The van der Waals surface area contributed by atoms with Crippen LogP contribution >= 0.6 is 15.9 Å². The minimum absolute atomic E-state index is 0.154. The molecule has 1 unspecified atom stereocenters. The van der Waals surface area contributed by atoms with Crippen LogP contribution in [0.15, 0.2) is 22.7 Å². The first-order chi connectivity index (χ1) is 9.01. The Balaban J connectivity index is 3.00. The molecule has 1 aromatic carbocycles. The summed E-state index contributed by atoms with van der Waals surface area (Å²) in [6.07, 6.45) is 3.16. The molecule has 1 aromatic rings. The van der Waals surface area contributed by atoms with Gasteiger partial charge in [0.25, 0.3) is 5.91 Å². The zero-order valence-corrected chi connectivity index (χ0v) is 14.0. The van der Waals surface area contributed by atoms with Crippen LogP contribution in [-0.4, -0.2) is 23.4 Å². The predicted octanol–water partition coefficient (Wildman–Crippen LogP) is 4.80. The van der Waals surface area contributed by atoms with Gasteiger partial charge in [-0.2, -0.15) is 0 Å². The highest BCUT2D eigenvalue weighted by Crippen LogP contribution is 2.20. The molecule has 1 rings (SSSR count). The van der Waals surface area contributed by atoms with Gasteiger partial charge in [-0.25, -0.2) is 0 Å². The standard InChI is InChI=1S/C16H24BrNO/c1-5-7-10-18(13(4)6-2)16(19)15-11-14(17)9-8-12(15)3/h8-9,11,13H,5-7,10H2,1-4H3. The summed E-state index contributed by atoms with van der Waals surface area (Å²) in [6, 6.07) is 6.19. The maximum atomic E-state index is 12.7. The number of unbranched alkanes of at least 4 members (excludes halogenated alkanes) is 1. The van der Waals surface area contributed by atoms with Crippen LogP contribution in [0.2, 0.25) is 0 Å². The van der Waals surface area contributed by atoms with Crippen LogP contribution in [0, 0.1) is 6.92 Å². The third-order valence-corrected chi connectivity index (χ3v) is 4.06. The van der Waals surface area contributed by atoms with E-state index in [0.717, 1.165) is 41.4 Å². The average molecular weight is 326 g/mol. The molecule has 0 aliphatic rings. The molecule has 0 saturated heterocycles. The first-order valence-electron chi connectivity index (χ1n) is 7.08. The van der Waals surface area contributed by atoms with E-state index in [4.69, 9.17) is 0 Å². The summed E-state index contributed by atoms with van der Waals surface area (Å²) >= 11 is 3.45. The van der Waals surface area contributed by atoms with Crippen molar-refractivity contribution in [3.63, 3.8) is 0 Å². The molecule has 0 N–H and O–H groups in total. The van der Waals surface area contributed by atoms with Crippen molar-refractivity contribution >= 4 is 21.8 Å². The van der Waals surface area contributed by atoms with Gasteiger partial charge in [0.15, 0.2) is 0 Å². The molecule has 19 heavy (non-hydrogen) atoms. The van der Waals surface area contributed by atoms with E-state index >= 15 is 0 Å². The second-order valence-electron chi connectivity index (χ2n) is 5.07. The number of aryl methyl sites for hydroxylation is 1. The van der Waals surface area contributed by atoms with E-state index in [1.165, 1.54) is 0 Å². The first-order valence-corrected chi connectivity index (χ1v) is 7.87. The number of rotatable bonds is 6. The van der Waals surface area contributed by atoms with E-state index < -0.39 is 0 Å². The van der Waals surface area contributed by atoms with E-state index in [9.17, 15) is 4.79 Å². The Hall–Kier alpha value is -0.830. The normalized spacial score (nSPS) is 12.3. The summed E-state index contributed by atoms with van der Waals surface area (Å²) in [7, 11) is 0. The molecular weight excluding hydrogens is 302 g/mol. The minimum atomic E-state index is 0.154. The highest BCUT2D eigenvalue weighted by Gasteiger charge is 2.21. The second kappa shape index (κ2) is 7.68. The molecule has 0 saturated carbocycles. The summed E-state index contributed by atoms with van der Waals surface area (Å²) in [4.78, 5) is 14.7.